The van der Waals surface area contributed by atoms with Gasteiger partial charge in [0.05, 0.1) is 16.8 Å². The quantitative estimate of drug-likeness (QED) is 0.932. The van der Waals surface area contributed by atoms with E-state index in [-0.39, 0.29) is 0 Å². The van der Waals surface area contributed by atoms with Crippen LogP contribution in [0.1, 0.15) is 30.7 Å². The third-order valence-corrected chi connectivity index (χ3v) is 4.95. The standard InChI is InChI=1S/C15H21N3S/c16-9-8-12-5-3-4-10-18(12)11-15-17-13-6-1-2-7-14(13)19-15/h1-2,6-7,12H,3-5,8-11,16H2. The van der Waals surface area contributed by atoms with Gasteiger partial charge in [0.15, 0.2) is 0 Å². The summed E-state index contributed by atoms with van der Waals surface area (Å²) >= 11 is 1.83. The molecule has 3 rings (SSSR count). The fraction of sp³-hybridized carbons (Fsp3) is 0.533. The highest BCUT2D eigenvalue weighted by Gasteiger charge is 2.22. The van der Waals surface area contributed by atoms with Gasteiger partial charge < -0.3 is 5.73 Å². The first kappa shape index (κ1) is 13.0. The lowest BCUT2D eigenvalue weighted by Crippen LogP contribution is -2.40. The molecule has 1 aromatic heterocycles. The molecule has 1 aromatic carbocycles. The average Bonchev–Trinajstić information content (AvgIpc) is 2.83. The molecule has 0 aliphatic carbocycles. The molecule has 1 fully saturated rings. The largest absolute Gasteiger partial charge is 0.330 e. The van der Waals surface area contributed by atoms with Crippen molar-refractivity contribution < 1.29 is 0 Å². The van der Waals surface area contributed by atoms with E-state index in [2.05, 4.69) is 29.2 Å². The lowest BCUT2D eigenvalue weighted by atomic mass is 9.99. The van der Waals surface area contributed by atoms with Gasteiger partial charge >= 0.3 is 0 Å². The van der Waals surface area contributed by atoms with E-state index in [1.165, 1.54) is 35.5 Å². The number of piperidine rings is 1. The van der Waals surface area contributed by atoms with Gasteiger partial charge in [0.1, 0.15) is 5.01 Å². The number of rotatable bonds is 4. The molecule has 19 heavy (non-hydrogen) atoms. The molecule has 2 aromatic rings. The Morgan fingerprint density at radius 3 is 3.05 bits per heavy atom. The summed E-state index contributed by atoms with van der Waals surface area (Å²) < 4.78 is 1.30. The molecule has 0 spiro atoms. The second-order valence-corrected chi connectivity index (χ2v) is 6.39. The predicted octanol–water partition coefficient (Wildman–Crippen LogP) is 3.00. The van der Waals surface area contributed by atoms with Crippen molar-refractivity contribution in [1.29, 1.82) is 0 Å². The summed E-state index contributed by atoms with van der Waals surface area (Å²) in [6, 6.07) is 9.06. The number of fused-ring (bicyclic) bond motifs is 1. The van der Waals surface area contributed by atoms with E-state index < -0.39 is 0 Å². The number of nitrogens with zero attached hydrogens (tertiary/aromatic N) is 2. The second kappa shape index (κ2) is 5.99. The third-order valence-electron chi connectivity index (χ3n) is 3.93. The summed E-state index contributed by atoms with van der Waals surface area (Å²) in [5.74, 6) is 0. The van der Waals surface area contributed by atoms with Gasteiger partial charge in [-0.2, -0.15) is 0 Å². The van der Waals surface area contributed by atoms with E-state index in [4.69, 9.17) is 10.7 Å². The lowest BCUT2D eigenvalue weighted by Gasteiger charge is -2.34. The van der Waals surface area contributed by atoms with Crippen molar-refractivity contribution in [2.45, 2.75) is 38.3 Å². The summed E-state index contributed by atoms with van der Waals surface area (Å²) in [7, 11) is 0. The molecule has 4 heteroatoms. The van der Waals surface area contributed by atoms with E-state index >= 15 is 0 Å². The number of thiazole rings is 1. The van der Waals surface area contributed by atoms with Crippen molar-refractivity contribution in [3.05, 3.63) is 29.3 Å². The molecular weight excluding hydrogens is 254 g/mol. The maximum absolute atomic E-state index is 5.74. The number of nitrogens with two attached hydrogens (primary N) is 1. The van der Waals surface area contributed by atoms with Crippen LogP contribution in [-0.2, 0) is 6.54 Å². The SMILES string of the molecule is NCCC1CCCCN1Cc1nc2ccccc2s1. The Morgan fingerprint density at radius 2 is 2.21 bits per heavy atom. The van der Waals surface area contributed by atoms with Gasteiger partial charge in [-0.15, -0.1) is 11.3 Å². The predicted molar refractivity (Wildman–Crippen MR) is 81.3 cm³/mol. The minimum absolute atomic E-state index is 0.658. The summed E-state index contributed by atoms with van der Waals surface area (Å²) in [6.45, 7) is 2.98. The zero-order valence-corrected chi connectivity index (χ0v) is 12.0. The van der Waals surface area contributed by atoms with Gasteiger partial charge in [0, 0.05) is 6.04 Å². The van der Waals surface area contributed by atoms with E-state index in [1.54, 1.807) is 0 Å². The van der Waals surface area contributed by atoms with E-state index in [9.17, 15) is 0 Å². The van der Waals surface area contributed by atoms with Crippen LogP contribution < -0.4 is 5.73 Å². The first-order valence-electron chi connectivity index (χ1n) is 7.15. The normalized spacial score (nSPS) is 21.0. The molecule has 0 saturated carbocycles. The van der Waals surface area contributed by atoms with Crippen LogP contribution in [-0.4, -0.2) is 29.0 Å². The van der Waals surface area contributed by atoms with Crippen LogP contribution in [0.2, 0.25) is 0 Å². The average molecular weight is 275 g/mol. The Labute approximate surface area is 118 Å². The second-order valence-electron chi connectivity index (χ2n) is 5.27. The highest BCUT2D eigenvalue weighted by atomic mass is 32.1. The molecule has 2 heterocycles. The molecule has 102 valence electrons. The fourth-order valence-electron chi connectivity index (χ4n) is 2.95. The molecular formula is C15H21N3S. The van der Waals surface area contributed by atoms with E-state index in [1.807, 2.05) is 11.3 Å². The molecule has 1 aliphatic heterocycles. The van der Waals surface area contributed by atoms with Crippen molar-refractivity contribution in [1.82, 2.24) is 9.88 Å². The smallest absolute Gasteiger partial charge is 0.108 e. The lowest BCUT2D eigenvalue weighted by molar-refractivity contribution is 0.134. The van der Waals surface area contributed by atoms with Crippen molar-refractivity contribution in [2.75, 3.05) is 13.1 Å². The summed E-state index contributed by atoms with van der Waals surface area (Å²) in [5, 5.41) is 1.24. The highest BCUT2D eigenvalue weighted by Crippen LogP contribution is 2.26. The molecule has 1 aliphatic rings. The Morgan fingerprint density at radius 1 is 1.32 bits per heavy atom. The Hall–Kier alpha value is -0.970. The number of hydrogen-bond donors (Lipinski definition) is 1. The maximum Gasteiger partial charge on any atom is 0.108 e. The third kappa shape index (κ3) is 2.96. The Kier molecular flexibility index (Phi) is 4.11. The molecule has 1 unspecified atom stereocenters. The van der Waals surface area contributed by atoms with Crippen molar-refractivity contribution >= 4 is 21.6 Å². The van der Waals surface area contributed by atoms with Crippen LogP contribution in [0.3, 0.4) is 0 Å². The monoisotopic (exact) mass is 275 g/mol. The zero-order chi connectivity index (χ0) is 13.1. The molecule has 0 radical (unpaired) electrons. The molecule has 3 nitrogen and oxygen atoms in total. The van der Waals surface area contributed by atoms with Crippen LogP contribution in [0.25, 0.3) is 10.2 Å². The molecule has 2 N–H and O–H groups in total. The van der Waals surface area contributed by atoms with Crippen LogP contribution in [0.15, 0.2) is 24.3 Å². The van der Waals surface area contributed by atoms with E-state index in [0.29, 0.717) is 6.04 Å². The van der Waals surface area contributed by atoms with Crippen LogP contribution in [0.4, 0.5) is 0 Å². The number of aromatic nitrogens is 1. The van der Waals surface area contributed by atoms with Gasteiger partial charge in [-0.3, -0.25) is 4.90 Å². The maximum atomic E-state index is 5.74. The summed E-state index contributed by atoms with van der Waals surface area (Å²) in [4.78, 5) is 7.32. The summed E-state index contributed by atoms with van der Waals surface area (Å²) in [5.41, 5.74) is 6.87. The first-order valence-corrected chi connectivity index (χ1v) is 7.97. The van der Waals surface area contributed by atoms with Crippen molar-refractivity contribution in [2.24, 2.45) is 5.73 Å². The first-order chi connectivity index (χ1) is 9.36. The zero-order valence-electron chi connectivity index (χ0n) is 11.2. The number of para-hydroxylation sites is 1. The van der Waals surface area contributed by atoms with Gasteiger partial charge in [-0.1, -0.05) is 18.6 Å². The highest BCUT2D eigenvalue weighted by molar-refractivity contribution is 7.18. The van der Waals surface area contributed by atoms with Crippen LogP contribution >= 0.6 is 11.3 Å². The van der Waals surface area contributed by atoms with E-state index in [0.717, 1.165) is 25.0 Å². The van der Waals surface area contributed by atoms with Crippen molar-refractivity contribution in [3.63, 3.8) is 0 Å². The van der Waals surface area contributed by atoms with Gasteiger partial charge in [0.2, 0.25) is 0 Å². The number of likely N-dealkylation sites (tertiary alicyclic amines) is 1. The molecule has 0 bridgehead atoms. The van der Waals surface area contributed by atoms with Crippen LogP contribution in [0, 0.1) is 0 Å². The van der Waals surface area contributed by atoms with Crippen LogP contribution in [0.5, 0.6) is 0 Å². The van der Waals surface area contributed by atoms with Crippen molar-refractivity contribution in [3.8, 4) is 0 Å². The topological polar surface area (TPSA) is 42.1 Å². The Bertz CT molecular complexity index is 502. The number of benzene rings is 1. The van der Waals surface area contributed by atoms with Gasteiger partial charge in [-0.25, -0.2) is 4.98 Å². The fourth-order valence-corrected chi connectivity index (χ4v) is 3.94. The minimum Gasteiger partial charge on any atom is -0.330 e. The Balaban J connectivity index is 1.75. The number of hydrogen-bond acceptors (Lipinski definition) is 4. The molecule has 1 saturated heterocycles. The van der Waals surface area contributed by atoms with Gasteiger partial charge in [0.25, 0.3) is 0 Å². The minimum atomic E-state index is 0.658. The summed E-state index contributed by atoms with van der Waals surface area (Å²) in [6.07, 6.45) is 5.07. The van der Waals surface area contributed by atoms with Gasteiger partial charge in [-0.05, 0) is 44.5 Å². The molecule has 0 amide bonds. The molecule has 1 atom stereocenters.